The molecule has 0 saturated heterocycles. The number of sulfonamides is 1. The zero-order chi connectivity index (χ0) is 14.2. The van der Waals surface area contributed by atoms with Gasteiger partial charge in [0.05, 0.1) is 0 Å². The summed E-state index contributed by atoms with van der Waals surface area (Å²) < 4.78 is 26.5. The fourth-order valence-corrected chi connectivity index (χ4v) is 3.64. The highest BCUT2D eigenvalue weighted by Gasteiger charge is 2.37. The summed E-state index contributed by atoms with van der Waals surface area (Å²) in [6.45, 7) is 5.05. The maximum Gasteiger partial charge on any atom is 0.262 e. The smallest absolute Gasteiger partial charge is 0.262 e. The molecule has 2 N–H and O–H groups in total. The second kappa shape index (κ2) is 5.22. The van der Waals surface area contributed by atoms with E-state index in [4.69, 9.17) is 0 Å². The fraction of sp³-hybridized carbons (Fsp3) is 0.750. The van der Waals surface area contributed by atoms with E-state index in [-0.39, 0.29) is 5.03 Å². The van der Waals surface area contributed by atoms with Crippen molar-refractivity contribution < 1.29 is 8.42 Å². The van der Waals surface area contributed by atoms with Gasteiger partial charge >= 0.3 is 0 Å². The van der Waals surface area contributed by atoms with Crippen LogP contribution in [0.4, 0.5) is 0 Å². The Morgan fingerprint density at radius 1 is 1.53 bits per heavy atom. The highest BCUT2D eigenvalue weighted by Crippen LogP contribution is 2.38. The summed E-state index contributed by atoms with van der Waals surface area (Å²) in [5.74, 6) is 1.13. The van der Waals surface area contributed by atoms with Crippen LogP contribution < -0.4 is 5.32 Å². The Morgan fingerprint density at radius 2 is 2.16 bits per heavy atom. The van der Waals surface area contributed by atoms with Gasteiger partial charge in [-0.25, -0.2) is 8.42 Å². The SMILES string of the molecule is CNCc1c(S(=O)(=O)N(C)CC2CC2C)n[nH]c1C. The van der Waals surface area contributed by atoms with Crippen LogP contribution >= 0.6 is 0 Å². The average molecular weight is 286 g/mol. The number of nitrogens with zero attached hydrogens (tertiary/aromatic N) is 2. The second-order valence-corrected chi connectivity index (χ2v) is 7.38. The number of aryl methyl sites for hydroxylation is 1. The zero-order valence-corrected chi connectivity index (χ0v) is 12.7. The standard InChI is InChI=1S/C12H22N4O2S/c1-8-5-10(8)7-16(4)19(17,18)12-11(6-13-3)9(2)14-15-12/h8,10,13H,5-7H2,1-4H3,(H,14,15). The van der Waals surface area contributed by atoms with Crippen LogP contribution in [0.15, 0.2) is 5.03 Å². The Balaban J connectivity index is 2.23. The van der Waals surface area contributed by atoms with Crippen LogP contribution in [-0.2, 0) is 16.6 Å². The third-order valence-corrected chi connectivity index (χ3v) is 5.61. The molecule has 1 aromatic heterocycles. The van der Waals surface area contributed by atoms with Crippen LogP contribution in [0.1, 0.15) is 24.6 Å². The first kappa shape index (κ1) is 14.5. The topological polar surface area (TPSA) is 78.1 Å². The van der Waals surface area contributed by atoms with E-state index < -0.39 is 10.0 Å². The molecule has 0 spiro atoms. The van der Waals surface area contributed by atoms with E-state index in [0.717, 1.165) is 17.7 Å². The number of hydrogen-bond acceptors (Lipinski definition) is 4. The lowest BCUT2D eigenvalue weighted by Crippen LogP contribution is -2.30. The summed E-state index contributed by atoms with van der Waals surface area (Å²) in [6.07, 6.45) is 1.11. The van der Waals surface area contributed by atoms with Crippen LogP contribution in [0.2, 0.25) is 0 Å². The molecular weight excluding hydrogens is 264 g/mol. The summed E-state index contributed by atoms with van der Waals surface area (Å²) in [5, 5.41) is 9.87. The summed E-state index contributed by atoms with van der Waals surface area (Å²) in [6, 6.07) is 0. The van der Waals surface area contributed by atoms with E-state index in [1.54, 1.807) is 14.1 Å². The van der Waals surface area contributed by atoms with Gasteiger partial charge in [0.2, 0.25) is 0 Å². The Hall–Kier alpha value is -0.920. The lowest BCUT2D eigenvalue weighted by molar-refractivity contribution is 0.441. The largest absolute Gasteiger partial charge is 0.316 e. The van der Waals surface area contributed by atoms with Gasteiger partial charge in [-0.1, -0.05) is 6.92 Å². The van der Waals surface area contributed by atoms with Gasteiger partial charge in [0.25, 0.3) is 10.0 Å². The van der Waals surface area contributed by atoms with Crippen LogP contribution in [0.5, 0.6) is 0 Å². The van der Waals surface area contributed by atoms with E-state index in [1.165, 1.54) is 4.31 Å². The van der Waals surface area contributed by atoms with E-state index in [2.05, 4.69) is 22.4 Å². The molecular formula is C12H22N4O2S. The molecule has 0 radical (unpaired) electrons. The fourth-order valence-electron chi connectivity index (χ4n) is 2.26. The van der Waals surface area contributed by atoms with Crippen molar-refractivity contribution in [3.05, 3.63) is 11.3 Å². The molecule has 19 heavy (non-hydrogen) atoms. The van der Waals surface area contributed by atoms with E-state index in [0.29, 0.717) is 24.9 Å². The maximum absolute atomic E-state index is 12.5. The molecule has 6 nitrogen and oxygen atoms in total. The molecule has 0 bridgehead atoms. The third-order valence-electron chi connectivity index (χ3n) is 3.81. The van der Waals surface area contributed by atoms with Gasteiger partial charge < -0.3 is 5.32 Å². The molecule has 0 aliphatic heterocycles. The van der Waals surface area contributed by atoms with Crippen molar-refractivity contribution >= 4 is 10.0 Å². The molecule has 0 aromatic carbocycles. The number of hydrogen-bond donors (Lipinski definition) is 2. The highest BCUT2D eigenvalue weighted by molar-refractivity contribution is 7.89. The quantitative estimate of drug-likeness (QED) is 0.807. The van der Waals surface area contributed by atoms with Gasteiger partial charge in [-0.15, -0.1) is 0 Å². The first-order chi connectivity index (χ1) is 8.87. The number of H-pyrrole nitrogens is 1. The minimum atomic E-state index is -3.50. The normalized spacial score (nSPS) is 23.0. The molecule has 2 atom stereocenters. The van der Waals surface area contributed by atoms with Gasteiger partial charge in [-0.3, -0.25) is 5.10 Å². The molecule has 0 amide bonds. The number of aromatic amines is 1. The molecule has 108 valence electrons. The lowest BCUT2D eigenvalue weighted by atomic mass is 10.3. The minimum absolute atomic E-state index is 0.148. The molecule has 2 unspecified atom stereocenters. The number of aromatic nitrogens is 2. The Bertz CT molecular complexity index is 552. The summed E-state index contributed by atoms with van der Waals surface area (Å²) >= 11 is 0. The predicted molar refractivity (Wildman–Crippen MR) is 73.2 cm³/mol. The highest BCUT2D eigenvalue weighted by atomic mass is 32.2. The Labute approximate surface area is 114 Å². The summed E-state index contributed by atoms with van der Waals surface area (Å²) in [7, 11) is -0.0759. The summed E-state index contributed by atoms with van der Waals surface area (Å²) in [4.78, 5) is 0. The van der Waals surface area contributed by atoms with E-state index >= 15 is 0 Å². The van der Waals surface area contributed by atoms with Gasteiger partial charge in [-0.2, -0.15) is 9.40 Å². The van der Waals surface area contributed by atoms with Gasteiger partial charge in [0, 0.05) is 31.4 Å². The molecule has 1 aromatic rings. The van der Waals surface area contributed by atoms with Gasteiger partial charge in [0.15, 0.2) is 5.03 Å². The predicted octanol–water partition coefficient (Wildman–Crippen LogP) is 0.714. The molecule has 1 heterocycles. The molecule has 1 aliphatic carbocycles. The Kier molecular flexibility index (Phi) is 3.98. The molecule has 1 aliphatic rings. The zero-order valence-electron chi connectivity index (χ0n) is 11.9. The van der Waals surface area contributed by atoms with Crippen molar-refractivity contribution in [3.8, 4) is 0 Å². The number of nitrogens with one attached hydrogen (secondary N) is 2. The molecule has 7 heteroatoms. The van der Waals surface area contributed by atoms with E-state index in [9.17, 15) is 8.42 Å². The van der Waals surface area contributed by atoms with Gasteiger partial charge in [-0.05, 0) is 32.2 Å². The first-order valence-electron chi connectivity index (χ1n) is 6.52. The molecule has 2 rings (SSSR count). The van der Waals surface area contributed by atoms with Crippen molar-refractivity contribution in [2.24, 2.45) is 11.8 Å². The lowest BCUT2D eigenvalue weighted by Gasteiger charge is -2.16. The van der Waals surface area contributed by atoms with Crippen LogP contribution in [0, 0.1) is 18.8 Å². The van der Waals surface area contributed by atoms with Crippen molar-refractivity contribution in [2.45, 2.75) is 31.8 Å². The monoisotopic (exact) mass is 286 g/mol. The molecule has 1 saturated carbocycles. The maximum atomic E-state index is 12.5. The second-order valence-electron chi connectivity index (χ2n) is 5.42. The number of rotatable bonds is 6. The van der Waals surface area contributed by atoms with Crippen LogP contribution in [0.25, 0.3) is 0 Å². The summed E-state index contributed by atoms with van der Waals surface area (Å²) in [5.41, 5.74) is 1.51. The van der Waals surface area contributed by atoms with Crippen molar-refractivity contribution in [3.63, 3.8) is 0 Å². The van der Waals surface area contributed by atoms with Crippen LogP contribution in [-0.4, -0.2) is 43.6 Å². The van der Waals surface area contributed by atoms with Crippen molar-refractivity contribution in [2.75, 3.05) is 20.6 Å². The first-order valence-corrected chi connectivity index (χ1v) is 7.96. The van der Waals surface area contributed by atoms with Gasteiger partial charge in [0.1, 0.15) is 0 Å². The average Bonchev–Trinajstić information content (AvgIpc) is 2.89. The minimum Gasteiger partial charge on any atom is -0.316 e. The third kappa shape index (κ3) is 2.82. The van der Waals surface area contributed by atoms with Crippen LogP contribution in [0.3, 0.4) is 0 Å². The Morgan fingerprint density at radius 3 is 2.68 bits per heavy atom. The molecule has 1 fully saturated rings. The van der Waals surface area contributed by atoms with E-state index in [1.807, 2.05) is 6.92 Å². The van der Waals surface area contributed by atoms with Crippen molar-refractivity contribution in [1.29, 1.82) is 0 Å². The van der Waals surface area contributed by atoms with Crippen molar-refractivity contribution in [1.82, 2.24) is 19.8 Å².